The molecule has 0 heteroatoms. The van der Waals surface area contributed by atoms with Gasteiger partial charge in [-0.1, -0.05) is 172 Å². The Hall–Kier alpha value is -6.24. The highest BCUT2D eigenvalue weighted by Crippen LogP contribution is 2.56. The van der Waals surface area contributed by atoms with Gasteiger partial charge in [0.2, 0.25) is 0 Å². The van der Waals surface area contributed by atoms with Gasteiger partial charge in [-0.05, 0) is 121 Å². The minimum atomic E-state index is -0.104. The van der Waals surface area contributed by atoms with E-state index < -0.39 is 0 Å². The van der Waals surface area contributed by atoms with Gasteiger partial charge in [-0.15, -0.1) is 0 Å². The van der Waals surface area contributed by atoms with E-state index in [2.05, 4.69) is 184 Å². The highest BCUT2D eigenvalue weighted by molar-refractivity contribution is 6.26. The summed E-state index contributed by atoms with van der Waals surface area (Å²) in [4.78, 5) is 0. The first-order valence-corrected chi connectivity index (χ1v) is 18.0. The number of benzene rings is 10. The second-order valence-electron chi connectivity index (χ2n) is 14.8. The molecule has 0 N–H and O–H groups in total. The van der Waals surface area contributed by atoms with Gasteiger partial charge in [0.15, 0.2) is 0 Å². The van der Waals surface area contributed by atoms with Crippen LogP contribution in [0.2, 0.25) is 0 Å². The third-order valence-corrected chi connectivity index (χ3v) is 11.8. The highest BCUT2D eigenvalue weighted by atomic mass is 14.4. The van der Waals surface area contributed by atoms with E-state index in [-0.39, 0.29) is 5.41 Å². The summed E-state index contributed by atoms with van der Waals surface area (Å²) in [5.74, 6) is 0. The summed E-state index contributed by atoms with van der Waals surface area (Å²) in [6.07, 6.45) is 0. The van der Waals surface area contributed by atoms with Gasteiger partial charge in [-0.3, -0.25) is 0 Å². The fraction of sp³-hybridized carbons (Fsp3) is 0.0588. The van der Waals surface area contributed by atoms with Crippen LogP contribution in [0.25, 0.3) is 98.0 Å². The van der Waals surface area contributed by atoms with Crippen LogP contribution in [0.4, 0.5) is 0 Å². The molecule has 0 nitrogen and oxygen atoms in total. The maximum Gasteiger partial charge on any atom is 0.0159 e. The number of rotatable bonds is 2. The lowest BCUT2D eigenvalue weighted by atomic mass is 9.80. The largest absolute Gasteiger partial charge is 0.0616 e. The van der Waals surface area contributed by atoms with Crippen LogP contribution < -0.4 is 0 Å². The van der Waals surface area contributed by atoms with Gasteiger partial charge >= 0.3 is 0 Å². The van der Waals surface area contributed by atoms with Gasteiger partial charge in [-0.2, -0.15) is 0 Å². The van der Waals surface area contributed by atoms with Crippen molar-refractivity contribution in [1.29, 1.82) is 0 Å². The molecule has 238 valence electrons. The van der Waals surface area contributed by atoms with E-state index in [4.69, 9.17) is 0 Å². The number of fused-ring (bicyclic) bond motifs is 11. The lowest BCUT2D eigenvalue weighted by Gasteiger charge is -2.23. The molecule has 51 heavy (non-hydrogen) atoms. The molecule has 0 bridgehead atoms. The van der Waals surface area contributed by atoms with Crippen molar-refractivity contribution in [2.24, 2.45) is 0 Å². The van der Waals surface area contributed by atoms with Gasteiger partial charge in [0.25, 0.3) is 0 Å². The second-order valence-corrected chi connectivity index (χ2v) is 14.8. The average Bonchev–Trinajstić information content (AvgIpc) is 3.42. The Morgan fingerprint density at radius 2 is 0.784 bits per heavy atom. The maximum absolute atomic E-state index is 2.39. The van der Waals surface area contributed by atoms with Crippen molar-refractivity contribution >= 4 is 64.6 Å². The van der Waals surface area contributed by atoms with Gasteiger partial charge < -0.3 is 0 Å². The van der Waals surface area contributed by atoms with Crippen molar-refractivity contribution in [3.63, 3.8) is 0 Å². The molecule has 0 radical (unpaired) electrons. The van der Waals surface area contributed by atoms with E-state index in [9.17, 15) is 0 Å². The van der Waals surface area contributed by atoms with Crippen LogP contribution in [0.3, 0.4) is 0 Å². The van der Waals surface area contributed by atoms with Gasteiger partial charge in [0.1, 0.15) is 0 Å². The third kappa shape index (κ3) is 3.91. The molecule has 0 heterocycles. The molecule has 1 aliphatic rings. The summed E-state index contributed by atoms with van der Waals surface area (Å²) in [6, 6.07) is 63.7. The van der Waals surface area contributed by atoms with Gasteiger partial charge in [0, 0.05) is 5.41 Å². The Kier molecular flexibility index (Phi) is 5.82. The first-order valence-electron chi connectivity index (χ1n) is 18.0. The zero-order valence-corrected chi connectivity index (χ0v) is 28.7. The van der Waals surface area contributed by atoms with Crippen LogP contribution in [0, 0.1) is 0 Å². The van der Waals surface area contributed by atoms with Crippen LogP contribution in [-0.2, 0) is 5.41 Å². The Bertz CT molecular complexity index is 3050. The summed E-state index contributed by atoms with van der Waals surface area (Å²) in [5, 5.41) is 15.5. The smallest absolute Gasteiger partial charge is 0.0159 e. The van der Waals surface area contributed by atoms with Crippen LogP contribution in [0.5, 0.6) is 0 Å². The molecule has 0 saturated heterocycles. The molecule has 0 amide bonds. The van der Waals surface area contributed by atoms with Crippen molar-refractivity contribution in [1.82, 2.24) is 0 Å². The first-order chi connectivity index (χ1) is 25.1. The van der Waals surface area contributed by atoms with Crippen molar-refractivity contribution < 1.29 is 0 Å². The monoisotopic (exact) mass is 646 g/mol. The topological polar surface area (TPSA) is 0 Å². The number of hydrogen-bond acceptors (Lipinski definition) is 0. The predicted molar refractivity (Wildman–Crippen MR) is 220 cm³/mol. The molecule has 0 saturated carbocycles. The quantitative estimate of drug-likeness (QED) is 0.129. The molecular weight excluding hydrogens is 613 g/mol. The predicted octanol–water partition coefficient (Wildman–Crippen LogP) is 14.2. The van der Waals surface area contributed by atoms with E-state index in [0.29, 0.717) is 0 Å². The lowest BCUT2D eigenvalue weighted by Crippen LogP contribution is -2.14. The molecular formula is C51H34. The van der Waals surface area contributed by atoms with Crippen LogP contribution >= 0.6 is 0 Å². The summed E-state index contributed by atoms with van der Waals surface area (Å²) < 4.78 is 0. The maximum atomic E-state index is 2.39. The van der Waals surface area contributed by atoms with Crippen molar-refractivity contribution in [2.75, 3.05) is 0 Å². The minimum Gasteiger partial charge on any atom is -0.0616 e. The zero-order valence-electron chi connectivity index (χ0n) is 28.7. The van der Waals surface area contributed by atoms with E-state index in [1.54, 1.807) is 0 Å². The van der Waals surface area contributed by atoms with E-state index in [1.165, 1.54) is 109 Å². The Labute approximate surface area is 297 Å². The Balaban J connectivity index is 1.25. The molecule has 10 aromatic rings. The molecule has 10 aromatic carbocycles. The Morgan fingerprint density at radius 1 is 0.275 bits per heavy atom. The van der Waals surface area contributed by atoms with Gasteiger partial charge in [-0.25, -0.2) is 0 Å². The average molecular weight is 647 g/mol. The SMILES string of the molecule is CC1(C)c2cccc(-c3c4ccccc4c(-c4cccc5c4ccc4cc6ccccc6cc45)c4ccccc34)c2-c2c1ccc1ccccc21. The molecule has 0 fully saturated rings. The fourth-order valence-electron chi connectivity index (χ4n) is 9.47. The highest BCUT2D eigenvalue weighted by Gasteiger charge is 2.38. The molecule has 0 spiro atoms. The molecule has 11 rings (SSSR count). The molecule has 0 aromatic heterocycles. The molecule has 0 aliphatic heterocycles. The summed E-state index contributed by atoms with van der Waals surface area (Å²) in [5.41, 5.74) is 10.7. The van der Waals surface area contributed by atoms with Crippen LogP contribution in [0.1, 0.15) is 25.0 Å². The van der Waals surface area contributed by atoms with E-state index in [1.807, 2.05) is 0 Å². The van der Waals surface area contributed by atoms with Crippen LogP contribution in [0.15, 0.2) is 170 Å². The van der Waals surface area contributed by atoms with Crippen molar-refractivity contribution in [2.45, 2.75) is 19.3 Å². The van der Waals surface area contributed by atoms with Crippen LogP contribution in [-0.4, -0.2) is 0 Å². The first kappa shape index (κ1) is 28.6. The summed E-state index contributed by atoms with van der Waals surface area (Å²) >= 11 is 0. The number of hydrogen-bond donors (Lipinski definition) is 0. The lowest BCUT2D eigenvalue weighted by molar-refractivity contribution is 0.661. The molecule has 0 atom stereocenters. The Morgan fingerprint density at radius 3 is 1.49 bits per heavy atom. The summed E-state index contributed by atoms with van der Waals surface area (Å²) in [6.45, 7) is 4.78. The third-order valence-electron chi connectivity index (χ3n) is 11.8. The second kappa shape index (κ2) is 10.4. The fourth-order valence-corrected chi connectivity index (χ4v) is 9.47. The van der Waals surface area contributed by atoms with Gasteiger partial charge in [0.05, 0.1) is 0 Å². The van der Waals surface area contributed by atoms with E-state index >= 15 is 0 Å². The van der Waals surface area contributed by atoms with E-state index in [0.717, 1.165) is 0 Å². The molecule has 0 unspecified atom stereocenters. The molecule has 1 aliphatic carbocycles. The normalized spacial score (nSPS) is 13.5. The minimum absolute atomic E-state index is 0.104. The van der Waals surface area contributed by atoms with Crippen molar-refractivity contribution in [3.05, 3.63) is 181 Å². The summed E-state index contributed by atoms with van der Waals surface area (Å²) in [7, 11) is 0. The zero-order chi connectivity index (χ0) is 33.8. The van der Waals surface area contributed by atoms with Crippen molar-refractivity contribution in [3.8, 4) is 33.4 Å². The standard InChI is InChI=1S/C51H34/c1-51(2)45-24-12-23-43(50(45)49-35-16-6-5-13-31(35)26-28-46(49)51)48-41-19-9-7-17-39(41)47(40-18-8-10-20-42(40)48)38-22-11-21-36-37(38)27-25-34-29-32-14-3-4-15-33(32)30-44(34)36/h3-30H,1-2H3.